The largest absolute Gasteiger partial charge is 0.357 e. The number of amides is 1. The monoisotopic (exact) mass is 256 g/mol. The van der Waals surface area contributed by atoms with E-state index in [1.807, 2.05) is 12.1 Å². The van der Waals surface area contributed by atoms with Gasteiger partial charge in [0, 0.05) is 29.4 Å². The van der Waals surface area contributed by atoms with Crippen LogP contribution in [0.2, 0.25) is 0 Å². The molecule has 0 radical (unpaired) electrons. The molecule has 2 unspecified atom stereocenters. The van der Waals surface area contributed by atoms with Gasteiger partial charge in [-0.3, -0.25) is 10.1 Å². The molecule has 1 aliphatic heterocycles. The molecule has 98 valence electrons. The molecule has 5 nitrogen and oxygen atoms in total. The lowest BCUT2D eigenvalue weighted by atomic mass is 9.94. The van der Waals surface area contributed by atoms with Crippen molar-refractivity contribution in [2.45, 2.75) is 25.4 Å². The lowest BCUT2D eigenvalue weighted by molar-refractivity contribution is -0.123. The van der Waals surface area contributed by atoms with Crippen LogP contribution in [0.4, 0.5) is 0 Å². The number of hydrogen-bond donors (Lipinski definition) is 3. The molecule has 0 bridgehead atoms. The van der Waals surface area contributed by atoms with Crippen molar-refractivity contribution in [1.29, 1.82) is 0 Å². The van der Waals surface area contributed by atoms with E-state index < -0.39 is 0 Å². The van der Waals surface area contributed by atoms with Gasteiger partial charge in [-0.25, -0.2) is 5.43 Å². The van der Waals surface area contributed by atoms with Crippen LogP contribution in [0.5, 0.6) is 0 Å². The van der Waals surface area contributed by atoms with Crippen LogP contribution < -0.4 is 10.7 Å². The van der Waals surface area contributed by atoms with Gasteiger partial charge in [-0.15, -0.1) is 0 Å². The summed E-state index contributed by atoms with van der Waals surface area (Å²) < 4.78 is 0. The lowest BCUT2D eigenvalue weighted by Gasteiger charge is -2.27. The third-order valence-electron chi connectivity index (χ3n) is 3.64. The normalized spacial score (nSPS) is 21.9. The number of para-hydroxylation sites is 1. The average molecular weight is 256 g/mol. The molecule has 0 aliphatic carbocycles. The summed E-state index contributed by atoms with van der Waals surface area (Å²) in [7, 11) is 0. The highest BCUT2D eigenvalue weighted by Crippen LogP contribution is 2.31. The average Bonchev–Trinajstić information content (AvgIpc) is 2.78. The molecule has 3 rings (SSSR count). The fourth-order valence-electron chi connectivity index (χ4n) is 2.78. The van der Waals surface area contributed by atoms with E-state index in [-0.39, 0.29) is 18.0 Å². The molecule has 2 aromatic rings. The summed E-state index contributed by atoms with van der Waals surface area (Å²) in [6.45, 7) is 5.33. The van der Waals surface area contributed by atoms with Crippen LogP contribution in [0.25, 0.3) is 10.9 Å². The predicted molar refractivity (Wildman–Crippen MR) is 75.0 cm³/mol. The number of nitrogens with one attached hydrogen (secondary N) is 3. The Bertz CT molecular complexity index is 646. The van der Waals surface area contributed by atoms with Crippen molar-refractivity contribution in [3.8, 4) is 0 Å². The second kappa shape index (κ2) is 4.51. The van der Waals surface area contributed by atoms with Gasteiger partial charge < -0.3 is 4.98 Å². The maximum absolute atomic E-state index is 11.9. The Morgan fingerprint density at radius 3 is 3.05 bits per heavy atom. The standard InChI is InChI=1S/C14H16N4O/c1-8-13-10(7-12(16-8)14(19)18-15-2)9-5-3-4-6-11(9)17-13/h3-6,8,12,16-17H,2,7H2,1H3,(H,18,19). The van der Waals surface area contributed by atoms with E-state index in [1.54, 1.807) is 0 Å². The van der Waals surface area contributed by atoms with E-state index in [2.05, 4.69) is 46.6 Å². The van der Waals surface area contributed by atoms with Gasteiger partial charge in [-0.2, -0.15) is 5.10 Å². The Labute approximate surface area is 111 Å². The minimum Gasteiger partial charge on any atom is -0.357 e. The third kappa shape index (κ3) is 1.92. The minimum atomic E-state index is -0.271. The Balaban J connectivity index is 2.02. The minimum absolute atomic E-state index is 0.108. The second-order valence-electron chi connectivity index (χ2n) is 4.84. The summed E-state index contributed by atoms with van der Waals surface area (Å²) >= 11 is 0. The Kier molecular flexibility index (Phi) is 2.83. The van der Waals surface area contributed by atoms with Gasteiger partial charge in [0.2, 0.25) is 0 Å². The van der Waals surface area contributed by atoms with Gasteiger partial charge in [-0.1, -0.05) is 18.2 Å². The predicted octanol–water partition coefficient (Wildman–Crippen LogP) is 1.48. The van der Waals surface area contributed by atoms with Crippen LogP contribution in [-0.4, -0.2) is 23.7 Å². The Hall–Kier alpha value is -2.14. The zero-order valence-electron chi connectivity index (χ0n) is 10.7. The molecular formula is C14H16N4O. The third-order valence-corrected chi connectivity index (χ3v) is 3.64. The molecule has 0 saturated heterocycles. The highest BCUT2D eigenvalue weighted by atomic mass is 16.2. The molecule has 19 heavy (non-hydrogen) atoms. The lowest BCUT2D eigenvalue weighted by Crippen LogP contribution is -2.47. The molecule has 3 N–H and O–H groups in total. The molecule has 1 aliphatic rings. The van der Waals surface area contributed by atoms with Crippen LogP contribution >= 0.6 is 0 Å². The highest BCUT2D eigenvalue weighted by molar-refractivity contribution is 5.88. The van der Waals surface area contributed by atoms with Crippen molar-refractivity contribution in [1.82, 2.24) is 15.7 Å². The molecule has 1 aromatic heterocycles. The number of fused-ring (bicyclic) bond motifs is 3. The first-order valence-corrected chi connectivity index (χ1v) is 6.32. The number of benzene rings is 1. The molecule has 0 saturated carbocycles. The Morgan fingerprint density at radius 2 is 2.26 bits per heavy atom. The number of nitrogens with zero attached hydrogens (tertiary/aromatic N) is 1. The quantitative estimate of drug-likeness (QED) is 0.562. The molecule has 2 heterocycles. The second-order valence-corrected chi connectivity index (χ2v) is 4.84. The van der Waals surface area contributed by atoms with Gasteiger partial charge in [0.05, 0.1) is 6.04 Å². The van der Waals surface area contributed by atoms with Crippen LogP contribution in [0.15, 0.2) is 29.4 Å². The van der Waals surface area contributed by atoms with Gasteiger partial charge in [-0.05, 0) is 25.0 Å². The van der Waals surface area contributed by atoms with Gasteiger partial charge in [0.1, 0.15) is 0 Å². The highest BCUT2D eigenvalue weighted by Gasteiger charge is 2.30. The number of aromatic amines is 1. The van der Waals surface area contributed by atoms with Crippen LogP contribution in [0.1, 0.15) is 24.2 Å². The number of hydrazone groups is 1. The zero-order valence-corrected chi connectivity index (χ0v) is 10.7. The summed E-state index contributed by atoms with van der Waals surface area (Å²) in [5.41, 5.74) is 5.90. The molecule has 0 spiro atoms. The molecule has 1 aromatic carbocycles. The van der Waals surface area contributed by atoms with Crippen molar-refractivity contribution < 1.29 is 4.79 Å². The van der Waals surface area contributed by atoms with Crippen molar-refractivity contribution in [3.63, 3.8) is 0 Å². The van der Waals surface area contributed by atoms with Gasteiger partial charge >= 0.3 is 0 Å². The Morgan fingerprint density at radius 1 is 1.47 bits per heavy atom. The van der Waals surface area contributed by atoms with E-state index in [1.165, 1.54) is 10.9 Å². The molecular weight excluding hydrogens is 240 g/mol. The number of aromatic nitrogens is 1. The maximum Gasteiger partial charge on any atom is 0.257 e. The van der Waals surface area contributed by atoms with Crippen LogP contribution in [0, 0.1) is 0 Å². The first-order chi connectivity index (χ1) is 9.20. The number of rotatable bonds is 2. The van der Waals surface area contributed by atoms with E-state index in [0.29, 0.717) is 6.42 Å². The number of carbonyl (C=O) groups is 1. The van der Waals surface area contributed by atoms with Crippen molar-refractivity contribution in [3.05, 3.63) is 35.5 Å². The summed E-state index contributed by atoms with van der Waals surface area (Å²) in [6, 6.07) is 8.01. The fraction of sp³-hybridized carbons (Fsp3) is 0.286. The van der Waals surface area contributed by atoms with Crippen molar-refractivity contribution >= 4 is 23.5 Å². The van der Waals surface area contributed by atoms with E-state index >= 15 is 0 Å². The molecule has 2 atom stereocenters. The SMILES string of the molecule is C=NNC(=O)C1Cc2c([nH]c3ccccc23)C(C)N1. The zero-order chi connectivity index (χ0) is 13.4. The first kappa shape index (κ1) is 11.9. The first-order valence-electron chi connectivity index (χ1n) is 6.32. The number of carbonyl (C=O) groups excluding carboxylic acids is 1. The van der Waals surface area contributed by atoms with E-state index in [9.17, 15) is 4.79 Å². The van der Waals surface area contributed by atoms with E-state index in [0.717, 1.165) is 11.2 Å². The molecule has 0 fully saturated rings. The smallest absolute Gasteiger partial charge is 0.257 e. The van der Waals surface area contributed by atoms with Crippen LogP contribution in [-0.2, 0) is 11.2 Å². The van der Waals surface area contributed by atoms with Crippen LogP contribution in [0.3, 0.4) is 0 Å². The summed E-state index contributed by atoms with van der Waals surface area (Å²) in [6.07, 6.45) is 0.658. The topological polar surface area (TPSA) is 69.3 Å². The number of hydrogen-bond acceptors (Lipinski definition) is 3. The molecule has 1 amide bonds. The summed E-state index contributed by atoms with van der Waals surface area (Å²) in [5, 5.41) is 7.92. The number of H-pyrrole nitrogens is 1. The fourth-order valence-corrected chi connectivity index (χ4v) is 2.78. The van der Waals surface area contributed by atoms with Gasteiger partial charge in [0.25, 0.3) is 5.91 Å². The summed E-state index contributed by atoms with van der Waals surface area (Å²) in [4.78, 5) is 15.3. The summed E-state index contributed by atoms with van der Waals surface area (Å²) in [5.74, 6) is -0.141. The maximum atomic E-state index is 11.9. The van der Waals surface area contributed by atoms with Crippen molar-refractivity contribution in [2.75, 3.05) is 0 Å². The van der Waals surface area contributed by atoms with Crippen molar-refractivity contribution in [2.24, 2.45) is 5.10 Å². The molecule has 5 heteroatoms. The van der Waals surface area contributed by atoms with E-state index in [4.69, 9.17) is 0 Å². The van der Waals surface area contributed by atoms with Gasteiger partial charge in [0.15, 0.2) is 0 Å².